The van der Waals surface area contributed by atoms with Crippen LogP contribution in [-0.4, -0.2) is 32.7 Å². The summed E-state index contributed by atoms with van der Waals surface area (Å²) in [6.45, 7) is 5.44. The van der Waals surface area contributed by atoms with Gasteiger partial charge >= 0.3 is 0 Å². The number of halogens is 2. The van der Waals surface area contributed by atoms with Crippen LogP contribution >= 0.6 is 23.2 Å². The number of nitrogens with one attached hydrogen (secondary N) is 1. The third-order valence-electron chi connectivity index (χ3n) is 4.85. The number of benzene rings is 2. The van der Waals surface area contributed by atoms with Crippen LogP contribution in [0.3, 0.4) is 0 Å². The van der Waals surface area contributed by atoms with Crippen molar-refractivity contribution in [1.82, 2.24) is 5.32 Å². The van der Waals surface area contributed by atoms with Gasteiger partial charge in [-0.15, -0.1) is 0 Å². The van der Waals surface area contributed by atoms with E-state index in [1.165, 1.54) is 6.07 Å². The van der Waals surface area contributed by atoms with E-state index >= 15 is 0 Å². The molecule has 1 aliphatic heterocycles. The molecular formula is C21H24Cl2N2O4S. The Hall–Kier alpha value is -1.96. The van der Waals surface area contributed by atoms with Crippen molar-refractivity contribution in [3.05, 3.63) is 57.6 Å². The molecular weight excluding hydrogens is 447 g/mol. The molecule has 0 radical (unpaired) electrons. The normalized spacial score (nSPS) is 17.6. The fourth-order valence-electron chi connectivity index (χ4n) is 3.54. The molecule has 6 nitrogen and oxygen atoms in total. The van der Waals surface area contributed by atoms with Crippen LogP contribution in [-0.2, 0) is 14.8 Å². The Bertz CT molecular complexity index is 1090. The van der Waals surface area contributed by atoms with Crippen LogP contribution in [0.25, 0.3) is 0 Å². The van der Waals surface area contributed by atoms with Crippen molar-refractivity contribution in [1.29, 1.82) is 0 Å². The second-order valence-electron chi connectivity index (χ2n) is 8.07. The lowest BCUT2D eigenvalue weighted by atomic mass is 9.89. The standard InChI is InChI=1S/C21H24Cl2N2O4S/c1-13-8-9-18-14(10-13)16(11-21(2,3)29-18)24-19(26)12-25(30(4,27)28)17-7-5-6-15(22)20(17)23/h5-10,16H,11-12H2,1-4H3,(H,24,26). The Balaban J connectivity index is 1.88. The first-order valence-electron chi connectivity index (χ1n) is 9.38. The Labute approximate surface area is 187 Å². The van der Waals surface area contributed by atoms with E-state index < -0.39 is 28.1 Å². The van der Waals surface area contributed by atoms with Crippen molar-refractivity contribution in [3.63, 3.8) is 0 Å². The zero-order valence-corrected chi connectivity index (χ0v) is 19.5. The smallest absolute Gasteiger partial charge is 0.241 e. The molecule has 162 valence electrons. The summed E-state index contributed by atoms with van der Waals surface area (Å²) in [5.41, 5.74) is 1.59. The van der Waals surface area contributed by atoms with Gasteiger partial charge in [-0.3, -0.25) is 9.10 Å². The molecule has 0 saturated heterocycles. The van der Waals surface area contributed by atoms with Crippen LogP contribution in [0.2, 0.25) is 10.0 Å². The van der Waals surface area contributed by atoms with Crippen LogP contribution in [0, 0.1) is 6.92 Å². The molecule has 9 heteroatoms. The lowest BCUT2D eigenvalue weighted by Crippen LogP contribution is -2.45. The number of sulfonamides is 1. The highest BCUT2D eigenvalue weighted by atomic mass is 35.5. The lowest BCUT2D eigenvalue weighted by Gasteiger charge is -2.38. The number of aryl methyl sites for hydroxylation is 1. The summed E-state index contributed by atoms with van der Waals surface area (Å²) in [5.74, 6) is 0.256. The van der Waals surface area contributed by atoms with E-state index in [0.717, 1.165) is 21.7 Å². The second-order valence-corrected chi connectivity index (χ2v) is 10.8. The van der Waals surface area contributed by atoms with E-state index in [0.29, 0.717) is 12.2 Å². The van der Waals surface area contributed by atoms with Gasteiger partial charge in [-0.1, -0.05) is 47.0 Å². The molecule has 2 aromatic carbocycles. The molecule has 1 aliphatic rings. The van der Waals surface area contributed by atoms with Crippen molar-refractivity contribution < 1.29 is 17.9 Å². The van der Waals surface area contributed by atoms with Gasteiger partial charge in [0.05, 0.1) is 28.0 Å². The molecule has 30 heavy (non-hydrogen) atoms. The quantitative estimate of drug-likeness (QED) is 0.698. The fraction of sp³-hybridized carbons (Fsp3) is 0.381. The first kappa shape index (κ1) is 22.7. The number of anilines is 1. The molecule has 1 N–H and O–H groups in total. The average molecular weight is 471 g/mol. The number of carbonyl (C=O) groups is 1. The summed E-state index contributed by atoms with van der Waals surface area (Å²) in [5, 5.41) is 3.25. The average Bonchev–Trinajstić information content (AvgIpc) is 2.61. The topological polar surface area (TPSA) is 75.7 Å². The van der Waals surface area contributed by atoms with Crippen LogP contribution in [0.4, 0.5) is 5.69 Å². The highest BCUT2D eigenvalue weighted by Crippen LogP contribution is 2.40. The minimum atomic E-state index is -3.78. The molecule has 0 aromatic heterocycles. The minimum absolute atomic E-state index is 0.0746. The number of amides is 1. The van der Waals surface area contributed by atoms with E-state index in [2.05, 4.69) is 5.32 Å². The molecule has 0 spiro atoms. The van der Waals surface area contributed by atoms with E-state index in [-0.39, 0.29) is 21.8 Å². The Morgan fingerprint density at radius 3 is 2.63 bits per heavy atom. The Morgan fingerprint density at radius 1 is 1.27 bits per heavy atom. The molecule has 3 rings (SSSR count). The number of rotatable bonds is 5. The van der Waals surface area contributed by atoms with Crippen molar-refractivity contribution in [2.24, 2.45) is 0 Å². The van der Waals surface area contributed by atoms with Crippen LogP contribution in [0.1, 0.15) is 37.4 Å². The van der Waals surface area contributed by atoms with Gasteiger partial charge < -0.3 is 10.1 Å². The maximum absolute atomic E-state index is 12.9. The highest BCUT2D eigenvalue weighted by Gasteiger charge is 2.35. The fourth-order valence-corrected chi connectivity index (χ4v) is 4.85. The van der Waals surface area contributed by atoms with Crippen LogP contribution in [0.5, 0.6) is 5.75 Å². The van der Waals surface area contributed by atoms with Crippen LogP contribution in [0.15, 0.2) is 36.4 Å². The van der Waals surface area contributed by atoms with Gasteiger partial charge in [0.25, 0.3) is 0 Å². The van der Waals surface area contributed by atoms with Gasteiger partial charge in [0.15, 0.2) is 0 Å². The largest absolute Gasteiger partial charge is 0.487 e. The third-order valence-corrected chi connectivity index (χ3v) is 6.78. The van der Waals surface area contributed by atoms with Gasteiger partial charge in [-0.2, -0.15) is 0 Å². The Morgan fingerprint density at radius 2 is 1.97 bits per heavy atom. The third kappa shape index (κ3) is 5.02. The number of hydrogen-bond acceptors (Lipinski definition) is 4. The first-order valence-corrected chi connectivity index (χ1v) is 12.0. The molecule has 1 heterocycles. The van der Waals surface area contributed by atoms with Crippen molar-refractivity contribution >= 4 is 44.8 Å². The summed E-state index contributed by atoms with van der Waals surface area (Å²) in [4.78, 5) is 12.9. The van der Waals surface area contributed by atoms with E-state index in [1.807, 2.05) is 39.0 Å². The summed E-state index contributed by atoms with van der Waals surface area (Å²) < 4.78 is 31.8. The van der Waals surface area contributed by atoms with Gasteiger partial charge in [-0.05, 0) is 39.0 Å². The van der Waals surface area contributed by atoms with Gasteiger partial charge in [0, 0.05) is 12.0 Å². The number of carbonyl (C=O) groups excluding carboxylic acids is 1. The predicted molar refractivity (Wildman–Crippen MR) is 120 cm³/mol. The van der Waals surface area contributed by atoms with Gasteiger partial charge in [0.2, 0.25) is 15.9 Å². The second kappa shape index (κ2) is 8.29. The monoisotopic (exact) mass is 470 g/mol. The van der Waals surface area contributed by atoms with E-state index in [9.17, 15) is 13.2 Å². The summed E-state index contributed by atoms with van der Waals surface area (Å²) >= 11 is 12.2. The molecule has 0 saturated carbocycles. The molecule has 2 aromatic rings. The Kier molecular flexibility index (Phi) is 6.28. The van der Waals surface area contributed by atoms with Gasteiger partial charge in [0.1, 0.15) is 17.9 Å². The summed E-state index contributed by atoms with van der Waals surface area (Å²) in [6.07, 6.45) is 1.57. The van der Waals surface area contributed by atoms with E-state index in [4.69, 9.17) is 27.9 Å². The SMILES string of the molecule is Cc1ccc2c(c1)C(NC(=O)CN(c1cccc(Cl)c1Cl)S(C)(=O)=O)CC(C)(C)O2. The molecule has 1 amide bonds. The maximum atomic E-state index is 12.9. The van der Waals surface area contributed by atoms with Gasteiger partial charge in [-0.25, -0.2) is 8.42 Å². The number of hydrogen-bond donors (Lipinski definition) is 1. The highest BCUT2D eigenvalue weighted by molar-refractivity contribution is 7.92. The zero-order chi connectivity index (χ0) is 22.3. The van der Waals surface area contributed by atoms with Crippen molar-refractivity contribution in [2.75, 3.05) is 17.1 Å². The molecule has 0 fully saturated rings. The first-order chi connectivity index (χ1) is 13.9. The molecule has 1 atom stereocenters. The number of ether oxygens (including phenoxy) is 1. The molecule has 0 aliphatic carbocycles. The van der Waals surface area contributed by atoms with Crippen molar-refractivity contribution in [2.45, 2.75) is 38.8 Å². The number of fused-ring (bicyclic) bond motifs is 1. The number of nitrogens with zero attached hydrogens (tertiary/aromatic N) is 1. The van der Waals surface area contributed by atoms with E-state index in [1.54, 1.807) is 12.1 Å². The van der Waals surface area contributed by atoms with Crippen LogP contribution < -0.4 is 14.4 Å². The molecule has 1 unspecified atom stereocenters. The zero-order valence-electron chi connectivity index (χ0n) is 17.2. The van der Waals surface area contributed by atoms with Crippen molar-refractivity contribution in [3.8, 4) is 5.75 Å². The predicted octanol–water partition coefficient (Wildman–Crippen LogP) is 4.49. The minimum Gasteiger partial charge on any atom is -0.487 e. The maximum Gasteiger partial charge on any atom is 0.241 e. The molecule has 0 bridgehead atoms. The summed E-state index contributed by atoms with van der Waals surface area (Å²) in [6, 6.07) is 10.1. The summed E-state index contributed by atoms with van der Waals surface area (Å²) in [7, 11) is -3.78. The lowest BCUT2D eigenvalue weighted by molar-refractivity contribution is -0.120.